The Balaban J connectivity index is 0. The lowest BCUT2D eigenvalue weighted by molar-refractivity contribution is -0.655. The quantitative estimate of drug-likeness (QED) is 0.384. The van der Waals surface area contributed by atoms with Gasteiger partial charge >= 0.3 is 11.0 Å². The SMILES string of the molecule is CCCCCC[NH2+]CCCCC.O=S(=O)([N-]S(=O)(=O)C(F)(F)F)C(F)(F)F. The number of hydrogen-bond donors (Lipinski definition) is 1. The molecule has 0 fully saturated rings. The summed E-state index contributed by atoms with van der Waals surface area (Å²) in [5, 5.41) is 2.48. The van der Waals surface area contributed by atoms with E-state index in [2.05, 4.69) is 19.2 Å². The minimum Gasteiger partial charge on any atom is -0.421 e. The Morgan fingerprint density at radius 1 is 0.667 bits per heavy atom. The van der Waals surface area contributed by atoms with Crippen molar-refractivity contribution in [1.82, 2.24) is 0 Å². The number of unbranched alkanes of at least 4 members (excludes halogenated alkanes) is 5. The highest BCUT2D eigenvalue weighted by Crippen LogP contribution is 2.36. The number of nitrogens with two attached hydrogens (primary N) is 1. The average Bonchev–Trinajstić information content (AvgIpc) is 2.47. The normalized spacial score (nSPS) is 13.2. The molecule has 0 amide bonds. The number of hydrogen-bond acceptors (Lipinski definition) is 4. The number of quaternary nitrogens is 1. The lowest BCUT2D eigenvalue weighted by atomic mass is 10.2. The first-order valence-electron chi connectivity index (χ1n) is 8.30. The topological polar surface area (TPSA) is 99.0 Å². The van der Waals surface area contributed by atoms with Crippen LogP contribution in [0.3, 0.4) is 0 Å². The third-order valence-electron chi connectivity index (χ3n) is 3.05. The van der Waals surface area contributed by atoms with Gasteiger partial charge in [0.05, 0.1) is 13.1 Å². The maximum atomic E-state index is 11.4. The van der Waals surface area contributed by atoms with Crippen LogP contribution < -0.4 is 5.32 Å². The van der Waals surface area contributed by atoms with Gasteiger partial charge in [0, 0.05) is 0 Å². The average molecular weight is 452 g/mol. The van der Waals surface area contributed by atoms with Crippen LogP contribution in [-0.2, 0) is 20.0 Å². The van der Waals surface area contributed by atoms with Crippen LogP contribution in [-0.4, -0.2) is 40.9 Å². The van der Waals surface area contributed by atoms with Gasteiger partial charge in [-0.1, -0.05) is 33.1 Å². The van der Waals surface area contributed by atoms with Crippen LogP contribution in [0.15, 0.2) is 0 Å². The monoisotopic (exact) mass is 452 g/mol. The van der Waals surface area contributed by atoms with E-state index in [1.165, 1.54) is 58.0 Å². The summed E-state index contributed by atoms with van der Waals surface area (Å²) in [5.74, 6) is 0. The summed E-state index contributed by atoms with van der Waals surface area (Å²) >= 11 is 0. The van der Waals surface area contributed by atoms with Crippen molar-refractivity contribution < 1.29 is 48.5 Å². The van der Waals surface area contributed by atoms with E-state index in [1.807, 2.05) is 0 Å². The second-order valence-electron chi connectivity index (χ2n) is 5.55. The Bertz CT molecular complexity index is 537. The molecule has 6 nitrogen and oxygen atoms in total. The molecule has 0 radical (unpaired) electrons. The molecule has 0 heterocycles. The number of rotatable bonds is 11. The van der Waals surface area contributed by atoms with Crippen LogP contribution >= 0.6 is 0 Å². The zero-order chi connectivity index (χ0) is 21.8. The highest BCUT2D eigenvalue weighted by Gasteiger charge is 2.46. The summed E-state index contributed by atoms with van der Waals surface area (Å²) < 4.78 is 109. The van der Waals surface area contributed by atoms with E-state index in [4.69, 9.17) is 0 Å². The van der Waals surface area contributed by atoms with Gasteiger partial charge < -0.3 is 9.44 Å². The van der Waals surface area contributed by atoms with E-state index < -0.39 is 31.1 Å². The summed E-state index contributed by atoms with van der Waals surface area (Å²) in [7, 11) is -13.4. The lowest BCUT2D eigenvalue weighted by Gasteiger charge is -2.22. The van der Waals surface area contributed by atoms with E-state index in [9.17, 15) is 43.2 Å². The first-order chi connectivity index (χ1) is 12.1. The van der Waals surface area contributed by atoms with Crippen LogP contribution in [0.5, 0.6) is 0 Å². The fourth-order valence-corrected chi connectivity index (χ4v) is 3.32. The summed E-state index contributed by atoms with van der Waals surface area (Å²) in [6, 6.07) is 0. The van der Waals surface area contributed by atoms with Crippen LogP contribution in [0.1, 0.15) is 58.8 Å². The zero-order valence-corrected chi connectivity index (χ0v) is 16.7. The summed E-state index contributed by atoms with van der Waals surface area (Å²) in [6.45, 7) is 7.23. The van der Waals surface area contributed by atoms with Crippen LogP contribution in [0.2, 0.25) is 0 Å². The van der Waals surface area contributed by atoms with Gasteiger partial charge in [0.15, 0.2) is 20.0 Å². The first-order valence-corrected chi connectivity index (χ1v) is 11.2. The van der Waals surface area contributed by atoms with Crippen LogP contribution in [0, 0.1) is 0 Å². The molecule has 0 bridgehead atoms. The van der Waals surface area contributed by atoms with Crippen molar-refractivity contribution in [1.29, 1.82) is 0 Å². The van der Waals surface area contributed by atoms with E-state index in [-0.39, 0.29) is 0 Å². The van der Waals surface area contributed by atoms with Crippen molar-refractivity contribution in [2.45, 2.75) is 69.8 Å². The predicted molar refractivity (Wildman–Crippen MR) is 88.6 cm³/mol. The molecular weight excluding hydrogens is 426 g/mol. The molecule has 0 rings (SSSR count). The van der Waals surface area contributed by atoms with Gasteiger partial charge in [0.1, 0.15) is 0 Å². The molecule has 0 saturated carbocycles. The zero-order valence-electron chi connectivity index (χ0n) is 15.1. The Labute approximate surface area is 156 Å². The third kappa shape index (κ3) is 13.2. The molecule has 166 valence electrons. The van der Waals surface area contributed by atoms with Crippen molar-refractivity contribution in [3.63, 3.8) is 0 Å². The first kappa shape index (κ1) is 28.6. The van der Waals surface area contributed by atoms with Gasteiger partial charge in [0.2, 0.25) is 0 Å². The van der Waals surface area contributed by atoms with Crippen LogP contribution in [0.4, 0.5) is 26.3 Å². The molecule has 0 spiro atoms. The smallest absolute Gasteiger partial charge is 0.421 e. The Morgan fingerprint density at radius 3 is 1.33 bits per heavy atom. The molecule has 27 heavy (non-hydrogen) atoms. The summed E-state index contributed by atoms with van der Waals surface area (Å²) in [6.07, 6.45) is 9.79. The van der Waals surface area contributed by atoms with Crippen molar-refractivity contribution in [3.8, 4) is 0 Å². The molecule has 0 aliphatic heterocycles. The molecule has 0 aromatic heterocycles. The number of halogens is 6. The van der Waals surface area contributed by atoms with Gasteiger partial charge in [-0.15, -0.1) is 0 Å². The maximum absolute atomic E-state index is 11.4. The number of nitrogens with zero attached hydrogens (tertiary/aromatic N) is 1. The molecule has 0 aliphatic carbocycles. The predicted octanol–water partition coefficient (Wildman–Crippen LogP) is 3.38. The maximum Gasteiger partial charge on any atom is 0.480 e. The largest absolute Gasteiger partial charge is 0.480 e. The number of sulfonamides is 2. The van der Waals surface area contributed by atoms with Gasteiger partial charge in [-0.3, -0.25) is 0 Å². The fourth-order valence-electron chi connectivity index (χ4n) is 1.61. The molecule has 0 aromatic carbocycles. The van der Waals surface area contributed by atoms with E-state index >= 15 is 0 Å². The molecule has 0 unspecified atom stereocenters. The lowest BCUT2D eigenvalue weighted by Crippen LogP contribution is -2.84. The highest BCUT2D eigenvalue weighted by molar-refractivity contribution is 8.13. The van der Waals surface area contributed by atoms with Gasteiger partial charge in [-0.2, -0.15) is 26.3 Å². The Hall–Kier alpha value is -0.600. The van der Waals surface area contributed by atoms with E-state index in [0.717, 1.165) is 4.13 Å². The molecule has 0 aliphatic rings. The second-order valence-corrected chi connectivity index (χ2v) is 8.97. The second kappa shape index (κ2) is 12.8. The Morgan fingerprint density at radius 2 is 1.00 bits per heavy atom. The van der Waals surface area contributed by atoms with Gasteiger partial charge in [0.25, 0.3) is 0 Å². The van der Waals surface area contributed by atoms with Crippen LogP contribution in [0.25, 0.3) is 4.13 Å². The highest BCUT2D eigenvalue weighted by atomic mass is 32.3. The molecular formula is C13H26F6N2O4S2. The molecule has 0 saturated heterocycles. The summed E-state index contributed by atoms with van der Waals surface area (Å²) in [5.41, 5.74) is -12.4. The van der Waals surface area contributed by atoms with Crippen molar-refractivity contribution >= 4 is 20.0 Å². The van der Waals surface area contributed by atoms with Gasteiger partial charge in [-0.05, 0) is 25.7 Å². The molecule has 0 atom stereocenters. The minimum absolute atomic E-state index is 0.778. The minimum atomic E-state index is -6.72. The summed E-state index contributed by atoms with van der Waals surface area (Å²) in [4.78, 5) is 0. The third-order valence-corrected chi connectivity index (χ3v) is 5.79. The van der Waals surface area contributed by atoms with Crippen molar-refractivity contribution in [2.24, 2.45) is 0 Å². The molecule has 14 heteroatoms. The van der Waals surface area contributed by atoms with Crippen molar-refractivity contribution in [2.75, 3.05) is 13.1 Å². The van der Waals surface area contributed by atoms with Crippen molar-refractivity contribution in [3.05, 3.63) is 4.13 Å². The molecule has 2 N–H and O–H groups in total. The standard InChI is InChI=1S/C11H25N.C2F6NO4S2/c1-3-5-7-9-11-12-10-8-6-4-2;3-1(4,5)14(10,11)9-15(12,13)2(6,7)8/h12H,3-11H2,1-2H3;/q;-1/p+1. The van der Waals surface area contributed by atoms with E-state index in [1.54, 1.807) is 0 Å². The van der Waals surface area contributed by atoms with E-state index in [0.29, 0.717) is 0 Å². The van der Waals surface area contributed by atoms with Gasteiger partial charge in [-0.25, -0.2) is 16.8 Å². The molecule has 0 aromatic rings. The Kier molecular flexibility index (Phi) is 13.5. The number of alkyl halides is 6. The fraction of sp³-hybridized carbons (Fsp3) is 1.00.